The SMILES string of the molecule is Cc1cc2ncn(CCC(C)(C)C)c2cc1C. The fourth-order valence-electron chi connectivity index (χ4n) is 1.95. The highest BCUT2D eigenvalue weighted by molar-refractivity contribution is 5.77. The number of fused-ring (bicyclic) bond motifs is 1. The summed E-state index contributed by atoms with van der Waals surface area (Å²) in [5, 5.41) is 0. The van der Waals surface area contributed by atoms with Gasteiger partial charge in [0, 0.05) is 6.54 Å². The molecule has 0 aliphatic carbocycles. The number of aromatic nitrogens is 2. The van der Waals surface area contributed by atoms with Gasteiger partial charge in [0.1, 0.15) is 0 Å². The molecular weight excluding hydrogens is 208 g/mol. The van der Waals surface area contributed by atoms with Crippen molar-refractivity contribution in [2.75, 3.05) is 0 Å². The first-order valence-corrected chi connectivity index (χ1v) is 6.29. The second-order valence-corrected chi connectivity index (χ2v) is 6.17. The summed E-state index contributed by atoms with van der Waals surface area (Å²) in [4.78, 5) is 4.48. The van der Waals surface area contributed by atoms with Crippen LogP contribution in [0, 0.1) is 19.3 Å². The largest absolute Gasteiger partial charge is 0.331 e. The lowest BCUT2D eigenvalue weighted by Crippen LogP contribution is -2.09. The Labute approximate surface area is 104 Å². The number of hydrogen-bond donors (Lipinski definition) is 0. The molecule has 0 saturated heterocycles. The topological polar surface area (TPSA) is 17.8 Å². The van der Waals surface area contributed by atoms with Crippen molar-refractivity contribution in [1.29, 1.82) is 0 Å². The van der Waals surface area contributed by atoms with Gasteiger partial charge in [0.2, 0.25) is 0 Å². The van der Waals surface area contributed by atoms with Crippen LogP contribution in [0.2, 0.25) is 0 Å². The average molecular weight is 230 g/mol. The van der Waals surface area contributed by atoms with Crippen molar-refractivity contribution < 1.29 is 0 Å². The van der Waals surface area contributed by atoms with Crippen LogP contribution in [-0.2, 0) is 6.54 Å². The third kappa shape index (κ3) is 2.68. The molecule has 0 fully saturated rings. The van der Waals surface area contributed by atoms with E-state index in [-0.39, 0.29) is 0 Å². The Bertz CT molecular complexity index is 530. The number of benzene rings is 1. The molecule has 0 radical (unpaired) electrons. The Morgan fingerprint density at radius 1 is 1.12 bits per heavy atom. The second-order valence-electron chi connectivity index (χ2n) is 6.17. The lowest BCUT2D eigenvalue weighted by molar-refractivity contribution is 0.352. The van der Waals surface area contributed by atoms with Crippen molar-refractivity contribution in [1.82, 2.24) is 9.55 Å². The van der Waals surface area contributed by atoms with Crippen LogP contribution in [0.15, 0.2) is 18.5 Å². The van der Waals surface area contributed by atoms with Crippen LogP contribution in [-0.4, -0.2) is 9.55 Å². The number of aryl methyl sites for hydroxylation is 3. The van der Waals surface area contributed by atoms with E-state index < -0.39 is 0 Å². The molecule has 0 aliphatic heterocycles. The molecule has 1 aromatic heterocycles. The number of nitrogens with zero attached hydrogens (tertiary/aromatic N) is 2. The Hall–Kier alpha value is -1.31. The van der Waals surface area contributed by atoms with Gasteiger partial charge >= 0.3 is 0 Å². The van der Waals surface area contributed by atoms with Crippen molar-refractivity contribution in [3.05, 3.63) is 29.6 Å². The predicted octanol–water partition coefficient (Wildman–Crippen LogP) is 4.09. The van der Waals surface area contributed by atoms with Gasteiger partial charge in [-0.1, -0.05) is 20.8 Å². The first-order valence-electron chi connectivity index (χ1n) is 6.29. The minimum Gasteiger partial charge on any atom is -0.331 e. The van der Waals surface area contributed by atoms with Crippen molar-refractivity contribution >= 4 is 11.0 Å². The zero-order valence-corrected chi connectivity index (χ0v) is 11.5. The maximum absolute atomic E-state index is 4.48. The molecule has 2 nitrogen and oxygen atoms in total. The second kappa shape index (κ2) is 4.17. The minimum atomic E-state index is 0.371. The van der Waals surface area contributed by atoms with Gasteiger partial charge in [-0.05, 0) is 48.9 Å². The zero-order chi connectivity index (χ0) is 12.6. The van der Waals surface area contributed by atoms with Crippen molar-refractivity contribution in [2.45, 2.75) is 47.6 Å². The predicted molar refractivity (Wildman–Crippen MR) is 73.3 cm³/mol. The average Bonchev–Trinajstić information content (AvgIpc) is 2.57. The first-order chi connectivity index (χ1) is 7.87. The van der Waals surface area contributed by atoms with Gasteiger partial charge in [-0.15, -0.1) is 0 Å². The lowest BCUT2D eigenvalue weighted by Gasteiger charge is -2.18. The smallest absolute Gasteiger partial charge is 0.0958 e. The van der Waals surface area contributed by atoms with Crippen LogP contribution in [0.25, 0.3) is 11.0 Å². The van der Waals surface area contributed by atoms with Crippen molar-refractivity contribution in [3.8, 4) is 0 Å². The number of imidazole rings is 1. The normalized spacial score (nSPS) is 12.3. The van der Waals surface area contributed by atoms with Gasteiger partial charge < -0.3 is 4.57 Å². The Balaban J connectivity index is 2.33. The summed E-state index contributed by atoms with van der Waals surface area (Å²) in [7, 11) is 0. The van der Waals surface area contributed by atoms with Crippen LogP contribution in [0.3, 0.4) is 0 Å². The van der Waals surface area contributed by atoms with E-state index >= 15 is 0 Å². The fourth-order valence-corrected chi connectivity index (χ4v) is 1.95. The van der Waals surface area contributed by atoms with Crippen molar-refractivity contribution in [3.63, 3.8) is 0 Å². The Morgan fingerprint density at radius 3 is 2.41 bits per heavy atom. The Kier molecular flexibility index (Phi) is 2.98. The van der Waals surface area contributed by atoms with E-state index in [0.29, 0.717) is 5.41 Å². The molecule has 2 rings (SSSR count). The maximum atomic E-state index is 4.48. The van der Waals surface area contributed by atoms with Gasteiger partial charge in [0.05, 0.1) is 17.4 Å². The molecule has 0 N–H and O–H groups in total. The summed E-state index contributed by atoms with van der Waals surface area (Å²) < 4.78 is 2.27. The molecule has 0 aliphatic rings. The highest BCUT2D eigenvalue weighted by Gasteiger charge is 2.11. The monoisotopic (exact) mass is 230 g/mol. The van der Waals surface area contributed by atoms with Crippen LogP contribution in [0.5, 0.6) is 0 Å². The van der Waals surface area contributed by atoms with Crippen LogP contribution in [0.4, 0.5) is 0 Å². The fraction of sp³-hybridized carbons (Fsp3) is 0.533. The van der Waals surface area contributed by atoms with E-state index in [9.17, 15) is 0 Å². The molecule has 1 aromatic carbocycles. The summed E-state index contributed by atoms with van der Waals surface area (Å²) in [6.45, 7) is 12.2. The lowest BCUT2D eigenvalue weighted by atomic mass is 9.92. The molecule has 0 amide bonds. The zero-order valence-electron chi connectivity index (χ0n) is 11.5. The highest BCUT2D eigenvalue weighted by Crippen LogP contribution is 2.23. The summed E-state index contributed by atoms with van der Waals surface area (Å²) in [6, 6.07) is 4.43. The van der Waals surface area contributed by atoms with Gasteiger partial charge in [-0.25, -0.2) is 4.98 Å². The van der Waals surface area contributed by atoms with E-state index in [4.69, 9.17) is 0 Å². The quantitative estimate of drug-likeness (QED) is 0.759. The van der Waals surface area contributed by atoms with Crippen LogP contribution in [0.1, 0.15) is 38.3 Å². The number of rotatable bonds is 2. The molecule has 0 bridgehead atoms. The van der Waals surface area contributed by atoms with Crippen LogP contribution < -0.4 is 0 Å². The Morgan fingerprint density at radius 2 is 1.76 bits per heavy atom. The van der Waals surface area contributed by atoms with Gasteiger partial charge in [0.15, 0.2) is 0 Å². The molecular formula is C15H22N2. The van der Waals surface area contributed by atoms with Gasteiger partial charge in [0.25, 0.3) is 0 Å². The molecule has 0 atom stereocenters. The number of hydrogen-bond acceptors (Lipinski definition) is 1. The van der Waals surface area contributed by atoms with E-state index in [2.05, 4.69) is 56.3 Å². The highest BCUT2D eigenvalue weighted by atomic mass is 15.0. The standard InChI is InChI=1S/C15H22N2/c1-11-8-13-14(9-12(11)2)17(10-16-13)7-6-15(3,4)5/h8-10H,6-7H2,1-5H3. The van der Waals surface area contributed by atoms with E-state index in [1.165, 1.54) is 23.1 Å². The third-order valence-electron chi connectivity index (χ3n) is 3.34. The minimum absolute atomic E-state index is 0.371. The van der Waals surface area contributed by atoms with E-state index in [1.807, 2.05) is 6.33 Å². The molecule has 0 spiro atoms. The third-order valence-corrected chi connectivity index (χ3v) is 3.34. The summed E-state index contributed by atoms with van der Waals surface area (Å²) >= 11 is 0. The van der Waals surface area contributed by atoms with Crippen LogP contribution >= 0.6 is 0 Å². The molecule has 0 unspecified atom stereocenters. The van der Waals surface area contributed by atoms with Gasteiger partial charge in [-0.2, -0.15) is 0 Å². The molecule has 17 heavy (non-hydrogen) atoms. The van der Waals surface area contributed by atoms with E-state index in [0.717, 1.165) is 12.1 Å². The molecule has 0 saturated carbocycles. The first kappa shape index (κ1) is 12.2. The molecule has 92 valence electrons. The maximum Gasteiger partial charge on any atom is 0.0958 e. The van der Waals surface area contributed by atoms with E-state index in [1.54, 1.807) is 0 Å². The molecule has 2 aromatic rings. The molecule has 1 heterocycles. The summed E-state index contributed by atoms with van der Waals surface area (Å²) in [5.41, 5.74) is 5.41. The van der Waals surface area contributed by atoms with Crippen molar-refractivity contribution in [2.24, 2.45) is 5.41 Å². The molecule has 2 heteroatoms. The summed E-state index contributed by atoms with van der Waals surface area (Å²) in [5.74, 6) is 0. The summed E-state index contributed by atoms with van der Waals surface area (Å²) in [6.07, 6.45) is 3.14. The van der Waals surface area contributed by atoms with Gasteiger partial charge in [-0.3, -0.25) is 0 Å².